The van der Waals surface area contributed by atoms with Gasteiger partial charge in [-0.1, -0.05) is 39.0 Å². The number of unbranched alkanes of at least 4 members (excludes halogenated alkanes) is 5. The summed E-state index contributed by atoms with van der Waals surface area (Å²) in [6.45, 7) is 2.16. The summed E-state index contributed by atoms with van der Waals surface area (Å²) in [5.74, 6) is -3.85. The lowest BCUT2D eigenvalue weighted by Gasteiger charge is -2.12. The molecule has 0 radical (unpaired) electrons. The van der Waals surface area contributed by atoms with Gasteiger partial charge in [0.1, 0.15) is 0 Å². The van der Waals surface area contributed by atoms with Crippen molar-refractivity contribution < 1.29 is 19.8 Å². The number of hydrogen-bond acceptors (Lipinski definition) is 4. The molecular weight excluding hydrogens is 272 g/mol. The maximum atomic E-state index is 10.8. The van der Waals surface area contributed by atoms with E-state index in [-0.39, 0.29) is 12.2 Å². The molecule has 0 spiro atoms. The number of rotatable bonds is 12. The summed E-state index contributed by atoms with van der Waals surface area (Å²) in [6, 6.07) is 0. The van der Waals surface area contributed by atoms with Crippen molar-refractivity contribution in [2.24, 2.45) is 17.4 Å². The first kappa shape index (κ1) is 19.3. The van der Waals surface area contributed by atoms with E-state index >= 15 is 0 Å². The predicted molar refractivity (Wildman–Crippen MR) is 81.4 cm³/mol. The maximum absolute atomic E-state index is 10.8. The van der Waals surface area contributed by atoms with Crippen molar-refractivity contribution in [2.75, 3.05) is 0 Å². The van der Waals surface area contributed by atoms with Gasteiger partial charge in [0.05, 0.1) is 5.82 Å². The van der Waals surface area contributed by atoms with Crippen LogP contribution in [0, 0.1) is 5.92 Å². The van der Waals surface area contributed by atoms with Crippen molar-refractivity contribution in [1.82, 2.24) is 0 Å². The lowest BCUT2D eigenvalue weighted by molar-refractivity contribution is -0.154. The second kappa shape index (κ2) is 11.0. The highest BCUT2D eigenvalue weighted by Crippen LogP contribution is 2.20. The highest BCUT2D eigenvalue weighted by Gasteiger charge is 2.25. The van der Waals surface area contributed by atoms with Crippen molar-refractivity contribution in [3.05, 3.63) is 11.4 Å². The van der Waals surface area contributed by atoms with E-state index in [0.717, 1.165) is 18.4 Å². The summed E-state index contributed by atoms with van der Waals surface area (Å²) in [6.07, 6.45) is 7.90. The first-order chi connectivity index (χ1) is 9.90. The van der Waals surface area contributed by atoms with Crippen molar-refractivity contribution in [1.29, 1.82) is 0 Å². The molecule has 0 unspecified atom stereocenters. The molecule has 0 heterocycles. The SMILES string of the molecule is CCCCCCCCC(CCC(C(=O)O)C(=O)O)=C(N)N. The second-order valence-corrected chi connectivity index (χ2v) is 5.34. The minimum atomic E-state index is -1.40. The molecule has 6 heteroatoms. The minimum absolute atomic E-state index is 0.0216. The Labute approximate surface area is 126 Å². The Morgan fingerprint density at radius 3 is 1.90 bits per heavy atom. The molecule has 21 heavy (non-hydrogen) atoms. The number of aliphatic carboxylic acids is 2. The highest BCUT2D eigenvalue weighted by atomic mass is 16.4. The first-order valence-corrected chi connectivity index (χ1v) is 7.58. The van der Waals surface area contributed by atoms with Gasteiger partial charge < -0.3 is 21.7 Å². The zero-order chi connectivity index (χ0) is 16.3. The lowest BCUT2D eigenvalue weighted by atomic mass is 9.96. The molecule has 6 nitrogen and oxygen atoms in total. The van der Waals surface area contributed by atoms with E-state index in [4.69, 9.17) is 21.7 Å². The quantitative estimate of drug-likeness (QED) is 0.324. The zero-order valence-corrected chi connectivity index (χ0v) is 12.8. The molecule has 0 amide bonds. The average molecular weight is 300 g/mol. The number of carbonyl (C=O) groups is 2. The molecule has 0 aromatic carbocycles. The molecule has 0 aliphatic heterocycles. The van der Waals surface area contributed by atoms with Gasteiger partial charge in [0.15, 0.2) is 5.92 Å². The summed E-state index contributed by atoms with van der Waals surface area (Å²) >= 11 is 0. The predicted octanol–water partition coefficient (Wildman–Crippen LogP) is 2.43. The van der Waals surface area contributed by atoms with Crippen LogP contribution in [0.3, 0.4) is 0 Å². The third-order valence-corrected chi connectivity index (χ3v) is 3.57. The summed E-state index contributed by atoms with van der Waals surface area (Å²) in [5, 5.41) is 17.7. The van der Waals surface area contributed by atoms with E-state index in [1.165, 1.54) is 25.7 Å². The first-order valence-electron chi connectivity index (χ1n) is 7.58. The maximum Gasteiger partial charge on any atom is 0.317 e. The summed E-state index contributed by atoms with van der Waals surface area (Å²) in [4.78, 5) is 21.6. The van der Waals surface area contributed by atoms with Gasteiger partial charge in [-0.25, -0.2) is 0 Å². The lowest BCUT2D eigenvalue weighted by Crippen LogP contribution is -2.24. The number of nitrogens with two attached hydrogens (primary N) is 2. The molecule has 0 atom stereocenters. The van der Waals surface area contributed by atoms with Crippen LogP contribution in [0.15, 0.2) is 11.4 Å². The zero-order valence-electron chi connectivity index (χ0n) is 12.8. The summed E-state index contributed by atoms with van der Waals surface area (Å²) < 4.78 is 0. The van der Waals surface area contributed by atoms with Crippen molar-refractivity contribution in [2.45, 2.75) is 64.7 Å². The van der Waals surface area contributed by atoms with Crippen molar-refractivity contribution in [3.63, 3.8) is 0 Å². The molecule has 0 saturated heterocycles. The molecule has 122 valence electrons. The van der Waals surface area contributed by atoms with Crippen LogP contribution in [0.1, 0.15) is 64.7 Å². The summed E-state index contributed by atoms with van der Waals surface area (Å²) in [5.41, 5.74) is 12.0. The Hall–Kier alpha value is -1.72. The van der Waals surface area contributed by atoms with Gasteiger partial charge in [0.25, 0.3) is 0 Å². The van der Waals surface area contributed by atoms with E-state index in [1.807, 2.05) is 0 Å². The van der Waals surface area contributed by atoms with E-state index in [2.05, 4.69) is 6.92 Å². The molecule has 0 bridgehead atoms. The van der Waals surface area contributed by atoms with Crippen LogP contribution in [0.2, 0.25) is 0 Å². The van der Waals surface area contributed by atoms with Crippen LogP contribution in [-0.2, 0) is 9.59 Å². The molecule has 0 aliphatic rings. The fourth-order valence-corrected chi connectivity index (χ4v) is 2.20. The van der Waals surface area contributed by atoms with Gasteiger partial charge in [0, 0.05) is 0 Å². The number of carboxylic acid groups (broad SMARTS) is 2. The number of hydrogen-bond donors (Lipinski definition) is 4. The topological polar surface area (TPSA) is 127 Å². The third-order valence-electron chi connectivity index (χ3n) is 3.57. The van der Waals surface area contributed by atoms with Gasteiger partial charge in [0.2, 0.25) is 0 Å². The van der Waals surface area contributed by atoms with Crippen LogP contribution in [0.5, 0.6) is 0 Å². The van der Waals surface area contributed by atoms with E-state index in [9.17, 15) is 9.59 Å². The van der Waals surface area contributed by atoms with Crippen LogP contribution in [0.25, 0.3) is 0 Å². The van der Waals surface area contributed by atoms with Crippen LogP contribution >= 0.6 is 0 Å². The van der Waals surface area contributed by atoms with Crippen LogP contribution < -0.4 is 11.5 Å². The Morgan fingerprint density at radius 1 is 0.905 bits per heavy atom. The van der Waals surface area contributed by atoms with Gasteiger partial charge in [-0.05, 0) is 31.3 Å². The fraction of sp³-hybridized carbons (Fsp3) is 0.733. The van der Waals surface area contributed by atoms with Crippen molar-refractivity contribution in [3.8, 4) is 0 Å². The molecule has 0 fully saturated rings. The molecule has 0 saturated carbocycles. The molecule has 0 rings (SSSR count). The van der Waals surface area contributed by atoms with Gasteiger partial charge in [-0.15, -0.1) is 0 Å². The molecule has 0 aromatic rings. The van der Waals surface area contributed by atoms with E-state index in [0.29, 0.717) is 12.8 Å². The van der Waals surface area contributed by atoms with E-state index < -0.39 is 17.9 Å². The normalized spacial score (nSPS) is 10.6. The Morgan fingerprint density at radius 2 is 1.43 bits per heavy atom. The fourth-order valence-electron chi connectivity index (χ4n) is 2.20. The van der Waals surface area contributed by atoms with Crippen LogP contribution in [-0.4, -0.2) is 22.2 Å². The highest BCUT2D eigenvalue weighted by molar-refractivity contribution is 5.92. The Balaban J connectivity index is 4.18. The smallest absolute Gasteiger partial charge is 0.317 e. The Kier molecular flexibility index (Phi) is 10.1. The van der Waals surface area contributed by atoms with Gasteiger partial charge in [-0.2, -0.15) is 0 Å². The number of allylic oxidation sites excluding steroid dienone is 1. The van der Waals surface area contributed by atoms with Gasteiger partial charge >= 0.3 is 11.9 Å². The van der Waals surface area contributed by atoms with Crippen LogP contribution in [0.4, 0.5) is 0 Å². The minimum Gasteiger partial charge on any atom is -0.481 e. The van der Waals surface area contributed by atoms with Gasteiger partial charge in [-0.3, -0.25) is 9.59 Å². The molecular formula is C15H28N2O4. The van der Waals surface area contributed by atoms with Crippen molar-refractivity contribution >= 4 is 11.9 Å². The average Bonchev–Trinajstić information content (AvgIpc) is 2.39. The monoisotopic (exact) mass is 300 g/mol. The molecule has 0 aliphatic carbocycles. The van der Waals surface area contributed by atoms with E-state index in [1.54, 1.807) is 0 Å². The second-order valence-electron chi connectivity index (χ2n) is 5.34. The third kappa shape index (κ3) is 8.94. The summed E-state index contributed by atoms with van der Waals surface area (Å²) in [7, 11) is 0. The number of carboxylic acids is 2. The Bertz CT molecular complexity index is 349. The standard InChI is InChI=1S/C15H28N2O4/c1-2-3-4-5-6-7-8-11(13(16)17)9-10-12(14(18)19)15(20)21/h12H,2-10,16-17H2,1H3,(H,18,19)(H,20,21). The molecule has 6 N–H and O–H groups in total. The molecule has 0 aromatic heterocycles. The largest absolute Gasteiger partial charge is 0.481 e.